The van der Waals surface area contributed by atoms with Gasteiger partial charge < -0.3 is 15.0 Å². The van der Waals surface area contributed by atoms with Crippen LogP contribution in [0.3, 0.4) is 0 Å². The molecule has 31 heavy (non-hydrogen) atoms. The van der Waals surface area contributed by atoms with Crippen molar-refractivity contribution in [3.05, 3.63) is 65.4 Å². The van der Waals surface area contributed by atoms with E-state index in [4.69, 9.17) is 10.00 Å². The second kappa shape index (κ2) is 9.13. The van der Waals surface area contributed by atoms with Crippen LogP contribution in [0.4, 0.5) is 13.2 Å². The summed E-state index contributed by atoms with van der Waals surface area (Å²) in [7, 11) is 0. The van der Waals surface area contributed by atoms with Crippen LogP contribution in [-0.2, 0) is 17.5 Å². The maximum atomic E-state index is 13.2. The molecule has 0 spiro atoms. The van der Waals surface area contributed by atoms with Crippen molar-refractivity contribution in [2.75, 3.05) is 0 Å². The molecule has 1 aromatic heterocycles. The van der Waals surface area contributed by atoms with Gasteiger partial charge in [0.15, 0.2) is 6.10 Å². The molecule has 2 N–H and O–H groups in total. The molecule has 0 radical (unpaired) electrons. The number of fused-ring (bicyclic) bond motifs is 1. The first-order valence-corrected chi connectivity index (χ1v) is 9.79. The van der Waals surface area contributed by atoms with Crippen LogP contribution in [0.2, 0.25) is 0 Å². The summed E-state index contributed by atoms with van der Waals surface area (Å²) in [4.78, 5) is 15.9. The molecule has 2 aromatic carbocycles. The number of benzene rings is 2. The van der Waals surface area contributed by atoms with Gasteiger partial charge in [-0.05, 0) is 42.2 Å². The van der Waals surface area contributed by atoms with Crippen LogP contribution in [0.1, 0.15) is 37.0 Å². The zero-order chi connectivity index (χ0) is 22.6. The number of rotatable bonds is 7. The van der Waals surface area contributed by atoms with Crippen LogP contribution >= 0.6 is 0 Å². The molecular weight excluding hydrogens is 407 g/mol. The summed E-state index contributed by atoms with van der Waals surface area (Å²) in [6.07, 6.45) is -3.55. The lowest BCUT2D eigenvalue weighted by Gasteiger charge is -2.21. The summed E-state index contributed by atoms with van der Waals surface area (Å²) in [5.41, 5.74) is 0.253. The SMILES string of the molecule is CC(C)CC(Oc1ccc(C#N)c(C(F)(F)F)c1)C(=O)NCc1c[nH]c2ccccc12. The Kier molecular flexibility index (Phi) is 6.54. The molecule has 3 rings (SSSR count). The van der Waals surface area contributed by atoms with Gasteiger partial charge in [0.05, 0.1) is 17.2 Å². The van der Waals surface area contributed by atoms with Gasteiger partial charge in [-0.2, -0.15) is 18.4 Å². The van der Waals surface area contributed by atoms with Gasteiger partial charge in [0.25, 0.3) is 5.91 Å². The predicted molar refractivity (Wildman–Crippen MR) is 110 cm³/mol. The number of aromatic amines is 1. The Hall–Kier alpha value is -3.47. The highest BCUT2D eigenvalue weighted by Crippen LogP contribution is 2.34. The fourth-order valence-corrected chi connectivity index (χ4v) is 3.30. The highest BCUT2D eigenvalue weighted by molar-refractivity contribution is 5.85. The third kappa shape index (κ3) is 5.37. The van der Waals surface area contributed by atoms with Crippen molar-refractivity contribution in [3.63, 3.8) is 0 Å². The number of nitrogens with one attached hydrogen (secondary N) is 2. The fraction of sp³-hybridized carbons (Fsp3) is 0.304. The second-order valence-electron chi connectivity index (χ2n) is 7.63. The number of aromatic nitrogens is 1. The van der Waals surface area contributed by atoms with Crippen molar-refractivity contribution in [3.8, 4) is 11.8 Å². The number of carbonyl (C=O) groups excluding carboxylic acids is 1. The zero-order valence-electron chi connectivity index (χ0n) is 17.1. The summed E-state index contributed by atoms with van der Waals surface area (Å²) in [5.74, 6) is -0.458. The Balaban J connectivity index is 1.77. The average molecular weight is 429 g/mol. The third-order valence-corrected chi connectivity index (χ3v) is 4.80. The number of nitriles is 1. The number of para-hydroxylation sites is 1. The Labute approximate surface area is 177 Å². The number of nitrogens with zero attached hydrogens (tertiary/aromatic N) is 1. The normalized spacial score (nSPS) is 12.5. The van der Waals surface area contributed by atoms with E-state index in [2.05, 4.69) is 10.3 Å². The molecule has 1 atom stereocenters. The number of amides is 1. The Bertz CT molecular complexity index is 1110. The molecule has 1 unspecified atom stereocenters. The highest BCUT2D eigenvalue weighted by atomic mass is 19.4. The van der Waals surface area contributed by atoms with Crippen molar-refractivity contribution in [2.24, 2.45) is 5.92 Å². The zero-order valence-corrected chi connectivity index (χ0v) is 17.1. The molecule has 0 saturated carbocycles. The number of alkyl halides is 3. The van der Waals surface area contributed by atoms with E-state index in [1.165, 1.54) is 12.1 Å². The first-order chi connectivity index (χ1) is 14.7. The van der Waals surface area contributed by atoms with Gasteiger partial charge in [-0.1, -0.05) is 32.0 Å². The molecule has 0 bridgehead atoms. The molecule has 1 heterocycles. The van der Waals surface area contributed by atoms with E-state index in [0.717, 1.165) is 28.6 Å². The number of carbonyl (C=O) groups is 1. The number of ether oxygens (including phenoxy) is 1. The van der Waals surface area contributed by atoms with Gasteiger partial charge >= 0.3 is 6.18 Å². The largest absolute Gasteiger partial charge is 0.481 e. The van der Waals surface area contributed by atoms with E-state index >= 15 is 0 Å². The average Bonchev–Trinajstić information content (AvgIpc) is 3.13. The van der Waals surface area contributed by atoms with E-state index < -0.39 is 29.3 Å². The monoisotopic (exact) mass is 429 g/mol. The Morgan fingerprint density at radius 3 is 2.65 bits per heavy atom. The van der Waals surface area contributed by atoms with Gasteiger partial charge in [0.2, 0.25) is 0 Å². The lowest BCUT2D eigenvalue weighted by molar-refractivity contribution is -0.137. The predicted octanol–water partition coefficient (Wildman–Crippen LogP) is 5.17. The van der Waals surface area contributed by atoms with Crippen LogP contribution in [0.15, 0.2) is 48.7 Å². The minimum atomic E-state index is -4.70. The summed E-state index contributed by atoms with van der Waals surface area (Å²) in [5, 5.41) is 12.7. The summed E-state index contributed by atoms with van der Waals surface area (Å²) in [6, 6.07) is 12.3. The maximum Gasteiger partial charge on any atom is 0.417 e. The number of hydrogen-bond acceptors (Lipinski definition) is 3. The van der Waals surface area contributed by atoms with Crippen LogP contribution in [0.5, 0.6) is 5.75 Å². The standard InChI is InChI=1S/C23H22F3N3O2/c1-14(2)9-21(31-17-8-7-15(11-27)19(10-17)23(24,25)26)22(30)29-13-16-12-28-20-6-4-3-5-18(16)20/h3-8,10,12,14,21,28H,9,13H2,1-2H3,(H,29,30). The minimum absolute atomic E-state index is 0.0734. The number of halogens is 3. The van der Waals surface area contributed by atoms with Crippen molar-refractivity contribution in [2.45, 2.75) is 39.1 Å². The summed E-state index contributed by atoms with van der Waals surface area (Å²) >= 11 is 0. The number of H-pyrrole nitrogens is 1. The molecule has 0 aliphatic carbocycles. The van der Waals surface area contributed by atoms with Crippen molar-refractivity contribution >= 4 is 16.8 Å². The van der Waals surface area contributed by atoms with Gasteiger partial charge in [0.1, 0.15) is 5.75 Å². The fourth-order valence-electron chi connectivity index (χ4n) is 3.30. The van der Waals surface area contributed by atoms with E-state index in [9.17, 15) is 18.0 Å². The van der Waals surface area contributed by atoms with Gasteiger partial charge in [-0.15, -0.1) is 0 Å². The van der Waals surface area contributed by atoms with E-state index in [1.807, 2.05) is 38.1 Å². The highest BCUT2D eigenvalue weighted by Gasteiger charge is 2.34. The quantitative estimate of drug-likeness (QED) is 0.544. The molecule has 162 valence electrons. The lowest BCUT2D eigenvalue weighted by atomic mass is 10.0. The second-order valence-corrected chi connectivity index (χ2v) is 7.63. The van der Waals surface area contributed by atoms with E-state index in [0.29, 0.717) is 6.42 Å². The Morgan fingerprint density at radius 1 is 1.23 bits per heavy atom. The molecule has 0 aliphatic heterocycles. The van der Waals surface area contributed by atoms with E-state index in [1.54, 1.807) is 6.20 Å². The first kappa shape index (κ1) is 22.2. The van der Waals surface area contributed by atoms with Crippen LogP contribution in [-0.4, -0.2) is 17.0 Å². The topological polar surface area (TPSA) is 77.9 Å². The van der Waals surface area contributed by atoms with Gasteiger partial charge in [0, 0.05) is 23.6 Å². The smallest absolute Gasteiger partial charge is 0.417 e. The van der Waals surface area contributed by atoms with Gasteiger partial charge in [-0.3, -0.25) is 4.79 Å². The Morgan fingerprint density at radius 2 is 1.97 bits per heavy atom. The van der Waals surface area contributed by atoms with E-state index in [-0.39, 0.29) is 18.2 Å². The molecule has 0 saturated heterocycles. The molecule has 1 amide bonds. The maximum absolute atomic E-state index is 13.2. The molecule has 5 nitrogen and oxygen atoms in total. The first-order valence-electron chi connectivity index (χ1n) is 9.79. The van der Waals surface area contributed by atoms with Crippen LogP contribution in [0, 0.1) is 17.2 Å². The molecule has 3 aromatic rings. The molecular formula is C23H22F3N3O2. The minimum Gasteiger partial charge on any atom is -0.481 e. The molecule has 8 heteroatoms. The third-order valence-electron chi connectivity index (χ3n) is 4.80. The molecule has 0 aliphatic rings. The lowest BCUT2D eigenvalue weighted by Crippen LogP contribution is -2.39. The van der Waals surface area contributed by atoms with Crippen LogP contribution < -0.4 is 10.1 Å². The summed E-state index contributed by atoms with van der Waals surface area (Å²) < 4.78 is 45.4. The van der Waals surface area contributed by atoms with Crippen LogP contribution in [0.25, 0.3) is 10.9 Å². The van der Waals surface area contributed by atoms with Crippen molar-refractivity contribution in [1.29, 1.82) is 5.26 Å². The van der Waals surface area contributed by atoms with Crippen molar-refractivity contribution in [1.82, 2.24) is 10.3 Å². The molecule has 0 fully saturated rings. The van der Waals surface area contributed by atoms with Gasteiger partial charge in [-0.25, -0.2) is 0 Å². The number of hydrogen-bond donors (Lipinski definition) is 2. The summed E-state index contributed by atoms with van der Waals surface area (Å²) in [6.45, 7) is 4.04. The van der Waals surface area contributed by atoms with Crippen molar-refractivity contribution < 1.29 is 22.7 Å².